The summed E-state index contributed by atoms with van der Waals surface area (Å²) >= 11 is 1.81. The van der Waals surface area contributed by atoms with E-state index in [1.165, 1.54) is 29.8 Å². The van der Waals surface area contributed by atoms with Gasteiger partial charge < -0.3 is 5.73 Å². The first-order valence-electron chi connectivity index (χ1n) is 5.26. The van der Waals surface area contributed by atoms with Crippen molar-refractivity contribution >= 4 is 11.3 Å². The minimum absolute atomic E-state index is 0.0846. The normalized spacial score (nSPS) is 21.7. The average molecular weight is 210 g/mol. The smallest absolute Gasteiger partial charge is 0.110 e. The number of hydrogen-bond donors (Lipinski definition) is 1. The Balaban J connectivity index is 2.44. The van der Waals surface area contributed by atoms with Crippen LogP contribution in [0.25, 0.3) is 0 Å². The van der Waals surface area contributed by atoms with Crippen LogP contribution in [0.2, 0.25) is 0 Å². The van der Waals surface area contributed by atoms with Crippen molar-refractivity contribution in [2.75, 3.05) is 0 Å². The lowest BCUT2D eigenvalue weighted by molar-refractivity contribution is 0.423. The van der Waals surface area contributed by atoms with E-state index in [4.69, 9.17) is 10.7 Å². The first-order chi connectivity index (χ1) is 6.50. The van der Waals surface area contributed by atoms with Gasteiger partial charge in [0, 0.05) is 10.3 Å². The standard InChI is InChI=1S/C11H18N2S/c1-7(12)10-13-9-8(14-10)5-4-6-11(9,2)3/h7H,4-6,12H2,1-3H3. The summed E-state index contributed by atoms with van der Waals surface area (Å²) in [6.45, 7) is 6.59. The molecule has 0 amide bonds. The second-order valence-electron chi connectivity index (χ2n) is 4.85. The van der Waals surface area contributed by atoms with Crippen LogP contribution >= 0.6 is 11.3 Å². The molecule has 2 N–H and O–H groups in total. The number of thiazole rings is 1. The number of rotatable bonds is 1. The van der Waals surface area contributed by atoms with Gasteiger partial charge >= 0.3 is 0 Å². The lowest BCUT2D eigenvalue weighted by Gasteiger charge is -2.28. The molecule has 0 bridgehead atoms. The van der Waals surface area contributed by atoms with Crippen LogP contribution in [-0.2, 0) is 11.8 Å². The Kier molecular flexibility index (Phi) is 2.40. The van der Waals surface area contributed by atoms with Gasteiger partial charge in [0.15, 0.2) is 0 Å². The molecule has 0 radical (unpaired) electrons. The fourth-order valence-corrected chi connectivity index (χ4v) is 3.31. The predicted octanol–water partition coefficient (Wildman–Crippen LogP) is 2.78. The van der Waals surface area contributed by atoms with Crippen molar-refractivity contribution < 1.29 is 0 Å². The maximum Gasteiger partial charge on any atom is 0.110 e. The zero-order valence-corrected chi connectivity index (χ0v) is 9.95. The Morgan fingerprint density at radius 1 is 1.50 bits per heavy atom. The summed E-state index contributed by atoms with van der Waals surface area (Å²) in [5.41, 5.74) is 7.43. The van der Waals surface area contributed by atoms with Gasteiger partial charge in [-0.1, -0.05) is 13.8 Å². The zero-order valence-electron chi connectivity index (χ0n) is 9.13. The molecule has 0 saturated carbocycles. The molecular weight excluding hydrogens is 192 g/mol. The van der Waals surface area contributed by atoms with Gasteiger partial charge in [0.1, 0.15) is 5.01 Å². The Hall–Kier alpha value is -0.410. The number of nitrogens with zero attached hydrogens (tertiary/aromatic N) is 1. The molecule has 3 heteroatoms. The SMILES string of the molecule is CC(N)c1nc2c(s1)CCCC2(C)C. The summed E-state index contributed by atoms with van der Waals surface area (Å²) < 4.78 is 0. The van der Waals surface area contributed by atoms with Gasteiger partial charge in [0.2, 0.25) is 0 Å². The maximum absolute atomic E-state index is 5.86. The highest BCUT2D eigenvalue weighted by molar-refractivity contribution is 7.11. The summed E-state index contributed by atoms with van der Waals surface area (Å²) in [5.74, 6) is 0. The number of fused-ring (bicyclic) bond motifs is 1. The number of aromatic nitrogens is 1. The highest BCUT2D eigenvalue weighted by atomic mass is 32.1. The molecule has 1 aliphatic rings. The third-order valence-electron chi connectivity index (χ3n) is 2.95. The van der Waals surface area contributed by atoms with Gasteiger partial charge in [-0.25, -0.2) is 4.98 Å². The molecule has 2 nitrogen and oxygen atoms in total. The highest BCUT2D eigenvalue weighted by Gasteiger charge is 2.31. The second kappa shape index (κ2) is 3.31. The van der Waals surface area contributed by atoms with E-state index in [1.807, 2.05) is 18.3 Å². The molecule has 2 rings (SSSR count). The van der Waals surface area contributed by atoms with Crippen molar-refractivity contribution in [3.63, 3.8) is 0 Å². The van der Waals surface area contributed by atoms with Gasteiger partial charge in [0.05, 0.1) is 11.7 Å². The number of nitrogens with two attached hydrogens (primary N) is 1. The van der Waals surface area contributed by atoms with E-state index in [0.29, 0.717) is 0 Å². The number of hydrogen-bond acceptors (Lipinski definition) is 3. The number of aryl methyl sites for hydroxylation is 1. The van der Waals surface area contributed by atoms with Crippen molar-refractivity contribution in [1.29, 1.82) is 0 Å². The minimum Gasteiger partial charge on any atom is -0.322 e. The molecule has 0 saturated heterocycles. The third kappa shape index (κ3) is 1.59. The van der Waals surface area contributed by atoms with Gasteiger partial charge in [-0.05, 0) is 26.2 Å². The van der Waals surface area contributed by atoms with Crippen LogP contribution in [0.4, 0.5) is 0 Å². The molecule has 0 aliphatic heterocycles. The van der Waals surface area contributed by atoms with Crippen LogP contribution < -0.4 is 5.73 Å². The second-order valence-corrected chi connectivity index (χ2v) is 5.97. The monoisotopic (exact) mass is 210 g/mol. The van der Waals surface area contributed by atoms with Crippen LogP contribution in [0, 0.1) is 0 Å². The molecule has 1 aromatic rings. The van der Waals surface area contributed by atoms with E-state index in [1.54, 1.807) is 0 Å². The van der Waals surface area contributed by atoms with Crippen molar-refractivity contribution in [3.05, 3.63) is 15.6 Å². The Morgan fingerprint density at radius 3 is 2.79 bits per heavy atom. The van der Waals surface area contributed by atoms with Crippen LogP contribution in [0.1, 0.15) is 55.2 Å². The van der Waals surface area contributed by atoms with Crippen molar-refractivity contribution in [2.45, 2.75) is 51.5 Å². The molecule has 1 unspecified atom stereocenters. The van der Waals surface area contributed by atoms with E-state index >= 15 is 0 Å². The summed E-state index contributed by atoms with van der Waals surface area (Å²) in [7, 11) is 0. The summed E-state index contributed by atoms with van der Waals surface area (Å²) in [6.07, 6.45) is 3.74. The van der Waals surface area contributed by atoms with Crippen LogP contribution in [0.3, 0.4) is 0 Å². The van der Waals surface area contributed by atoms with Crippen LogP contribution in [0.5, 0.6) is 0 Å². The van der Waals surface area contributed by atoms with E-state index in [9.17, 15) is 0 Å². The van der Waals surface area contributed by atoms with Gasteiger partial charge in [-0.3, -0.25) is 0 Å². The van der Waals surface area contributed by atoms with E-state index in [2.05, 4.69) is 13.8 Å². The topological polar surface area (TPSA) is 38.9 Å². The van der Waals surface area contributed by atoms with E-state index < -0.39 is 0 Å². The minimum atomic E-state index is 0.0846. The third-order valence-corrected chi connectivity index (χ3v) is 4.27. The first kappa shape index (κ1) is 10.1. The van der Waals surface area contributed by atoms with Gasteiger partial charge in [0.25, 0.3) is 0 Å². The molecule has 1 aromatic heterocycles. The molecule has 0 spiro atoms. The lowest BCUT2D eigenvalue weighted by atomic mass is 9.79. The van der Waals surface area contributed by atoms with E-state index in [0.717, 1.165) is 5.01 Å². The molecule has 14 heavy (non-hydrogen) atoms. The molecule has 1 atom stereocenters. The Bertz CT molecular complexity index is 339. The fraction of sp³-hybridized carbons (Fsp3) is 0.727. The Labute approximate surface area is 89.5 Å². The largest absolute Gasteiger partial charge is 0.322 e. The predicted molar refractivity (Wildman–Crippen MR) is 60.7 cm³/mol. The van der Waals surface area contributed by atoms with Crippen molar-refractivity contribution in [2.24, 2.45) is 5.73 Å². The quantitative estimate of drug-likeness (QED) is 0.774. The molecule has 78 valence electrons. The molecule has 0 fully saturated rings. The lowest BCUT2D eigenvalue weighted by Crippen LogP contribution is -2.23. The maximum atomic E-state index is 5.86. The summed E-state index contributed by atoms with van der Waals surface area (Å²) in [6, 6.07) is 0.0846. The summed E-state index contributed by atoms with van der Waals surface area (Å²) in [4.78, 5) is 6.16. The average Bonchev–Trinajstić information content (AvgIpc) is 2.48. The first-order valence-corrected chi connectivity index (χ1v) is 6.08. The molecule has 1 heterocycles. The highest BCUT2D eigenvalue weighted by Crippen LogP contribution is 2.39. The zero-order chi connectivity index (χ0) is 10.3. The van der Waals surface area contributed by atoms with E-state index in [-0.39, 0.29) is 11.5 Å². The molecule has 0 aromatic carbocycles. The van der Waals surface area contributed by atoms with Crippen molar-refractivity contribution in [3.8, 4) is 0 Å². The fourth-order valence-electron chi connectivity index (χ4n) is 2.07. The van der Waals surface area contributed by atoms with Gasteiger partial charge in [-0.15, -0.1) is 11.3 Å². The van der Waals surface area contributed by atoms with Crippen molar-refractivity contribution in [1.82, 2.24) is 4.98 Å². The van der Waals surface area contributed by atoms with Crippen LogP contribution in [-0.4, -0.2) is 4.98 Å². The molecular formula is C11H18N2S. The van der Waals surface area contributed by atoms with Crippen LogP contribution in [0.15, 0.2) is 0 Å². The summed E-state index contributed by atoms with van der Waals surface area (Å²) in [5, 5.41) is 1.10. The Morgan fingerprint density at radius 2 is 2.21 bits per heavy atom. The van der Waals surface area contributed by atoms with Gasteiger partial charge in [-0.2, -0.15) is 0 Å². The molecule has 1 aliphatic carbocycles.